The molecule has 122 valence electrons. The Morgan fingerprint density at radius 1 is 1.41 bits per heavy atom. The second-order valence-corrected chi connectivity index (χ2v) is 5.77. The van der Waals surface area contributed by atoms with E-state index in [1.807, 2.05) is 11.8 Å². The molecule has 0 aliphatic carbocycles. The fraction of sp³-hybridized carbons (Fsp3) is 0.533. The molecule has 4 nitrogen and oxygen atoms in total. The molecule has 1 saturated heterocycles. The highest BCUT2D eigenvalue weighted by atomic mass is 19.4. The molecule has 1 aromatic carbocycles. The summed E-state index contributed by atoms with van der Waals surface area (Å²) in [5, 5.41) is 9.14. The number of halogens is 3. The molecular weight excluding hydrogens is 299 g/mol. The van der Waals surface area contributed by atoms with Gasteiger partial charge in [0, 0.05) is 19.6 Å². The van der Waals surface area contributed by atoms with Crippen LogP contribution < -0.4 is 4.74 Å². The minimum Gasteiger partial charge on any atom is -0.481 e. The second-order valence-electron chi connectivity index (χ2n) is 5.77. The fourth-order valence-corrected chi connectivity index (χ4v) is 2.87. The van der Waals surface area contributed by atoms with Crippen molar-refractivity contribution >= 4 is 5.97 Å². The van der Waals surface area contributed by atoms with Crippen LogP contribution in [-0.2, 0) is 11.3 Å². The summed E-state index contributed by atoms with van der Waals surface area (Å²) in [6, 6.07) is 5.79. The Kier molecular flexibility index (Phi) is 4.95. The van der Waals surface area contributed by atoms with Gasteiger partial charge in [0.15, 0.2) is 0 Å². The van der Waals surface area contributed by atoms with Crippen LogP contribution in [0.15, 0.2) is 24.3 Å². The molecule has 1 fully saturated rings. The zero-order valence-electron chi connectivity index (χ0n) is 12.1. The molecule has 1 aliphatic rings. The molecule has 0 spiro atoms. The molecule has 0 aromatic heterocycles. The zero-order valence-corrected chi connectivity index (χ0v) is 12.1. The molecule has 2 rings (SSSR count). The summed E-state index contributed by atoms with van der Waals surface area (Å²) in [6.07, 6.45) is -4.09. The molecule has 0 bridgehead atoms. The van der Waals surface area contributed by atoms with Crippen LogP contribution in [0.4, 0.5) is 13.2 Å². The maximum atomic E-state index is 12.2. The quantitative estimate of drug-likeness (QED) is 0.927. The zero-order chi connectivity index (χ0) is 16.3. The van der Waals surface area contributed by atoms with Gasteiger partial charge in [0.05, 0.1) is 5.92 Å². The number of aliphatic carboxylic acids is 1. The molecule has 2 unspecified atom stereocenters. The van der Waals surface area contributed by atoms with Crippen molar-refractivity contribution in [2.45, 2.75) is 26.3 Å². The standard InChI is InChI=1S/C15H18F3NO3/c1-10-5-12(14(20)21)9-19(7-10)8-11-3-2-4-13(6-11)22-15(16,17)18/h2-4,6,10,12H,5,7-9H2,1H3,(H,20,21). The maximum Gasteiger partial charge on any atom is 0.573 e. The lowest BCUT2D eigenvalue weighted by Crippen LogP contribution is -2.41. The minimum absolute atomic E-state index is 0.240. The van der Waals surface area contributed by atoms with Gasteiger partial charge in [-0.3, -0.25) is 9.69 Å². The number of carbonyl (C=O) groups is 1. The highest BCUT2D eigenvalue weighted by Crippen LogP contribution is 2.26. The van der Waals surface area contributed by atoms with Gasteiger partial charge in [0.1, 0.15) is 5.75 Å². The largest absolute Gasteiger partial charge is 0.573 e. The number of alkyl halides is 3. The lowest BCUT2D eigenvalue weighted by molar-refractivity contribution is -0.274. The molecule has 22 heavy (non-hydrogen) atoms. The Balaban J connectivity index is 2.03. The van der Waals surface area contributed by atoms with E-state index in [9.17, 15) is 18.0 Å². The molecule has 1 aromatic rings. The Bertz CT molecular complexity index is 533. The van der Waals surface area contributed by atoms with Crippen molar-refractivity contribution in [3.8, 4) is 5.75 Å². The third kappa shape index (κ3) is 4.91. The summed E-state index contributed by atoms with van der Waals surface area (Å²) >= 11 is 0. The van der Waals surface area contributed by atoms with Gasteiger partial charge in [-0.05, 0) is 30.0 Å². The number of benzene rings is 1. The first-order valence-corrected chi connectivity index (χ1v) is 7.03. The molecule has 2 atom stereocenters. The van der Waals surface area contributed by atoms with Gasteiger partial charge in [-0.1, -0.05) is 19.1 Å². The Morgan fingerprint density at radius 3 is 2.77 bits per heavy atom. The molecule has 0 saturated carbocycles. The van der Waals surface area contributed by atoms with Crippen LogP contribution in [-0.4, -0.2) is 35.4 Å². The monoisotopic (exact) mass is 317 g/mol. The van der Waals surface area contributed by atoms with Gasteiger partial charge >= 0.3 is 12.3 Å². The van der Waals surface area contributed by atoms with Gasteiger partial charge < -0.3 is 9.84 Å². The van der Waals surface area contributed by atoms with Crippen LogP contribution in [0.25, 0.3) is 0 Å². The van der Waals surface area contributed by atoms with Crippen LogP contribution in [0.1, 0.15) is 18.9 Å². The first-order chi connectivity index (χ1) is 10.2. The average molecular weight is 317 g/mol. The van der Waals surface area contributed by atoms with Crippen molar-refractivity contribution in [3.63, 3.8) is 0 Å². The number of piperidine rings is 1. The van der Waals surface area contributed by atoms with E-state index >= 15 is 0 Å². The van der Waals surface area contributed by atoms with E-state index in [1.165, 1.54) is 18.2 Å². The summed E-state index contributed by atoms with van der Waals surface area (Å²) in [5.74, 6) is -1.28. The van der Waals surface area contributed by atoms with E-state index in [2.05, 4.69) is 4.74 Å². The number of carboxylic acid groups (broad SMARTS) is 1. The summed E-state index contributed by atoms with van der Waals surface area (Å²) in [4.78, 5) is 13.1. The molecule has 0 radical (unpaired) electrons. The van der Waals surface area contributed by atoms with Gasteiger partial charge in [-0.15, -0.1) is 13.2 Å². The molecule has 1 N–H and O–H groups in total. The topological polar surface area (TPSA) is 49.8 Å². The van der Waals surface area contributed by atoms with Crippen molar-refractivity contribution < 1.29 is 27.8 Å². The van der Waals surface area contributed by atoms with Crippen LogP contribution >= 0.6 is 0 Å². The van der Waals surface area contributed by atoms with E-state index in [1.54, 1.807) is 6.07 Å². The summed E-state index contributed by atoms with van der Waals surface area (Å²) in [7, 11) is 0. The predicted octanol–water partition coefficient (Wildman–Crippen LogP) is 3.13. The first-order valence-electron chi connectivity index (χ1n) is 7.03. The normalized spacial score (nSPS) is 23.3. The average Bonchev–Trinajstić information content (AvgIpc) is 2.36. The van der Waals surface area contributed by atoms with Crippen molar-refractivity contribution in [2.24, 2.45) is 11.8 Å². The van der Waals surface area contributed by atoms with E-state index in [4.69, 9.17) is 5.11 Å². The Hall–Kier alpha value is -1.76. The number of nitrogens with zero attached hydrogens (tertiary/aromatic N) is 1. The number of likely N-dealkylation sites (tertiary alicyclic amines) is 1. The van der Waals surface area contributed by atoms with Crippen molar-refractivity contribution in [3.05, 3.63) is 29.8 Å². The number of hydrogen-bond donors (Lipinski definition) is 1. The third-order valence-corrected chi connectivity index (χ3v) is 3.62. The summed E-state index contributed by atoms with van der Waals surface area (Å²) < 4.78 is 40.6. The molecule has 0 amide bonds. The van der Waals surface area contributed by atoms with Crippen molar-refractivity contribution in [1.29, 1.82) is 0 Å². The van der Waals surface area contributed by atoms with Gasteiger partial charge in [-0.25, -0.2) is 0 Å². The fourth-order valence-electron chi connectivity index (χ4n) is 2.87. The Labute approximate surface area is 126 Å². The van der Waals surface area contributed by atoms with E-state index < -0.39 is 18.2 Å². The first kappa shape index (κ1) is 16.6. The number of carboxylic acids is 1. The van der Waals surface area contributed by atoms with E-state index in [0.717, 1.165) is 6.54 Å². The molecule has 7 heteroatoms. The third-order valence-electron chi connectivity index (χ3n) is 3.62. The second kappa shape index (κ2) is 6.56. The van der Waals surface area contributed by atoms with Gasteiger partial charge in [-0.2, -0.15) is 0 Å². The van der Waals surface area contributed by atoms with Crippen LogP contribution in [0, 0.1) is 11.8 Å². The van der Waals surface area contributed by atoms with E-state index in [0.29, 0.717) is 25.1 Å². The highest BCUT2D eigenvalue weighted by molar-refractivity contribution is 5.70. The number of hydrogen-bond acceptors (Lipinski definition) is 3. The number of ether oxygens (including phenoxy) is 1. The summed E-state index contributed by atoms with van der Waals surface area (Å²) in [5.41, 5.74) is 0.667. The lowest BCUT2D eigenvalue weighted by Gasteiger charge is -2.34. The van der Waals surface area contributed by atoms with E-state index in [-0.39, 0.29) is 11.7 Å². The number of rotatable bonds is 4. The lowest BCUT2D eigenvalue weighted by atomic mass is 9.90. The van der Waals surface area contributed by atoms with Crippen LogP contribution in [0.5, 0.6) is 5.75 Å². The predicted molar refractivity (Wildman–Crippen MR) is 73.3 cm³/mol. The molecule has 1 heterocycles. The smallest absolute Gasteiger partial charge is 0.481 e. The maximum absolute atomic E-state index is 12.2. The van der Waals surface area contributed by atoms with Crippen LogP contribution in [0.3, 0.4) is 0 Å². The summed E-state index contributed by atoms with van der Waals surface area (Å²) in [6.45, 7) is 3.52. The van der Waals surface area contributed by atoms with Crippen molar-refractivity contribution in [2.75, 3.05) is 13.1 Å². The Morgan fingerprint density at radius 2 is 2.14 bits per heavy atom. The molecule has 1 aliphatic heterocycles. The minimum atomic E-state index is -4.72. The van der Waals surface area contributed by atoms with Crippen LogP contribution in [0.2, 0.25) is 0 Å². The molecular formula is C15H18F3NO3. The van der Waals surface area contributed by atoms with Crippen molar-refractivity contribution in [1.82, 2.24) is 4.90 Å². The van der Waals surface area contributed by atoms with Gasteiger partial charge in [0.25, 0.3) is 0 Å². The van der Waals surface area contributed by atoms with Gasteiger partial charge in [0.2, 0.25) is 0 Å². The SMILES string of the molecule is CC1CC(C(=O)O)CN(Cc2cccc(OC(F)(F)F)c2)C1. The highest BCUT2D eigenvalue weighted by Gasteiger charge is 2.32.